The van der Waals surface area contributed by atoms with Gasteiger partial charge in [0, 0.05) is 7.05 Å². The molecule has 0 spiro atoms. The maximum atomic E-state index is 12.4. The van der Waals surface area contributed by atoms with E-state index in [4.69, 9.17) is 0 Å². The van der Waals surface area contributed by atoms with Gasteiger partial charge in [0.1, 0.15) is 4.21 Å². The smallest absolute Gasteiger partial charge is 0.269 e. The second-order valence-corrected chi connectivity index (χ2v) is 8.40. The number of para-hydroxylation sites is 1. The minimum atomic E-state index is -3.47. The van der Waals surface area contributed by atoms with Gasteiger partial charge in [-0.2, -0.15) is 0 Å². The normalized spacial score (nSPS) is 11.5. The van der Waals surface area contributed by atoms with E-state index in [1.165, 1.54) is 15.6 Å². The van der Waals surface area contributed by atoms with Crippen LogP contribution >= 0.6 is 27.3 Å². The molecule has 0 unspecified atom stereocenters. The monoisotopic (exact) mass is 345 g/mol. The van der Waals surface area contributed by atoms with Crippen molar-refractivity contribution in [2.45, 2.75) is 11.1 Å². The van der Waals surface area contributed by atoms with Gasteiger partial charge in [-0.25, -0.2) is 8.42 Å². The van der Waals surface area contributed by atoms with Crippen LogP contribution in [0.4, 0.5) is 5.69 Å². The lowest BCUT2D eigenvalue weighted by Gasteiger charge is -2.18. The van der Waals surface area contributed by atoms with Crippen molar-refractivity contribution >= 4 is 43.0 Å². The molecule has 0 amide bonds. The van der Waals surface area contributed by atoms with Gasteiger partial charge >= 0.3 is 0 Å². The predicted molar refractivity (Wildman–Crippen MR) is 78.8 cm³/mol. The molecule has 1 aromatic heterocycles. The highest BCUT2D eigenvalue weighted by Crippen LogP contribution is 2.33. The zero-order valence-electron chi connectivity index (χ0n) is 9.92. The molecule has 0 saturated carbocycles. The Labute approximate surface area is 119 Å². The zero-order valence-corrected chi connectivity index (χ0v) is 13.1. The Kier molecular flexibility index (Phi) is 3.79. The quantitative estimate of drug-likeness (QED) is 0.851. The fourth-order valence-electron chi connectivity index (χ4n) is 1.47. The highest BCUT2D eigenvalue weighted by Gasteiger charge is 2.23. The molecule has 18 heavy (non-hydrogen) atoms. The summed E-state index contributed by atoms with van der Waals surface area (Å²) in [6.45, 7) is 1.88. The number of hydrogen-bond donors (Lipinski definition) is 0. The fourth-order valence-corrected chi connectivity index (χ4v) is 5.06. The summed E-state index contributed by atoms with van der Waals surface area (Å²) in [5.74, 6) is 0. The van der Waals surface area contributed by atoms with E-state index in [0.717, 1.165) is 9.35 Å². The molecule has 6 heteroatoms. The first kappa shape index (κ1) is 13.6. The summed E-state index contributed by atoms with van der Waals surface area (Å²) in [6.07, 6.45) is 0. The molecule has 0 radical (unpaired) electrons. The maximum absolute atomic E-state index is 12.4. The highest BCUT2D eigenvalue weighted by atomic mass is 79.9. The van der Waals surface area contributed by atoms with E-state index in [1.54, 1.807) is 25.2 Å². The van der Waals surface area contributed by atoms with Gasteiger partial charge in [0.15, 0.2) is 0 Å². The summed E-state index contributed by atoms with van der Waals surface area (Å²) in [6, 6.07) is 10.7. The van der Waals surface area contributed by atoms with Crippen molar-refractivity contribution in [2.75, 3.05) is 11.4 Å². The van der Waals surface area contributed by atoms with Crippen molar-refractivity contribution in [3.8, 4) is 0 Å². The molecule has 96 valence electrons. The van der Waals surface area contributed by atoms with Gasteiger partial charge in [0.25, 0.3) is 10.0 Å². The molecule has 1 heterocycles. The summed E-state index contributed by atoms with van der Waals surface area (Å²) in [4.78, 5) is 0. The Morgan fingerprint density at radius 1 is 1.22 bits per heavy atom. The van der Waals surface area contributed by atoms with Crippen LogP contribution in [0.5, 0.6) is 0 Å². The van der Waals surface area contributed by atoms with Crippen molar-refractivity contribution in [3.63, 3.8) is 0 Å². The van der Waals surface area contributed by atoms with Gasteiger partial charge in [-0.15, -0.1) is 11.3 Å². The second kappa shape index (κ2) is 5.03. The lowest BCUT2D eigenvalue weighted by molar-refractivity contribution is 0.596. The van der Waals surface area contributed by atoms with Gasteiger partial charge in [0.2, 0.25) is 0 Å². The van der Waals surface area contributed by atoms with Crippen molar-refractivity contribution in [2.24, 2.45) is 0 Å². The molecule has 0 N–H and O–H groups in total. The summed E-state index contributed by atoms with van der Waals surface area (Å²) in [5, 5.41) is 0. The Morgan fingerprint density at radius 2 is 1.83 bits per heavy atom. The maximum Gasteiger partial charge on any atom is 0.273 e. The lowest BCUT2D eigenvalue weighted by atomic mass is 10.3. The molecule has 3 nitrogen and oxygen atoms in total. The minimum absolute atomic E-state index is 0.346. The van der Waals surface area contributed by atoms with Gasteiger partial charge < -0.3 is 0 Å². The molecular formula is C12H12BrNO2S2. The van der Waals surface area contributed by atoms with Crippen LogP contribution in [0.15, 0.2) is 44.4 Å². The first-order valence-corrected chi connectivity index (χ1v) is 8.28. The third-order valence-electron chi connectivity index (χ3n) is 2.57. The largest absolute Gasteiger partial charge is 0.273 e. The predicted octanol–water partition coefficient (Wildman–Crippen LogP) is 3.64. The van der Waals surface area contributed by atoms with E-state index >= 15 is 0 Å². The number of hydrogen-bond acceptors (Lipinski definition) is 3. The average Bonchev–Trinajstić information content (AvgIpc) is 2.70. The molecule has 0 atom stereocenters. The zero-order chi connectivity index (χ0) is 13.3. The second-order valence-electron chi connectivity index (χ2n) is 3.83. The van der Waals surface area contributed by atoms with E-state index in [0.29, 0.717) is 9.90 Å². The Morgan fingerprint density at radius 3 is 2.33 bits per heavy atom. The van der Waals surface area contributed by atoms with Crippen LogP contribution in [0.1, 0.15) is 5.56 Å². The van der Waals surface area contributed by atoms with Crippen molar-refractivity contribution in [3.05, 3.63) is 45.7 Å². The summed E-state index contributed by atoms with van der Waals surface area (Å²) in [5.41, 5.74) is 1.58. The van der Waals surface area contributed by atoms with Crippen LogP contribution in [0.25, 0.3) is 0 Å². The van der Waals surface area contributed by atoms with Gasteiger partial charge in [-0.05, 0) is 46.6 Å². The van der Waals surface area contributed by atoms with Crippen LogP contribution < -0.4 is 4.31 Å². The van der Waals surface area contributed by atoms with Gasteiger partial charge in [0.05, 0.1) is 9.47 Å². The molecule has 1 aromatic carbocycles. The molecule has 0 bridgehead atoms. The number of nitrogens with zero attached hydrogens (tertiary/aromatic N) is 1. The SMILES string of the molecule is Cc1cc(S(=O)(=O)N(C)c2ccccc2)sc1Br. The van der Waals surface area contributed by atoms with E-state index in [1.807, 2.05) is 25.1 Å². The Hall–Kier alpha value is -0.850. The van der Waals surface area contributed by atoms with Crippen LogP contribution in [0, 0.1) is 6.92 Å². The van der Waals surface area contributed by atoms with Gasteiger partial charge in [-0.3, -0.25) is 4.31 Å². The number of rotatable bonds is 3. The summed E-state index contributed by atoms with van der Waals surface area (Å²) in [7, 11) is -1.91. The number of halogens is 1. The van der Waals surface area contributed by atoms with E-state index in [9.17, 15) is 8.42 Å². The average molecular weight is 346 g/mol. The van der Waals surface area contributed by atoms with E-state index in [2.05, 4.69) is 15.9 Å². The van der Waals surface area contributed by atoms with Crippen LogP contribution in [0.3, 0.4) is 0 Å². The molecule has 2 aromatic rings. The van der Waals surface area contributed by atoms with Crippen molar-refractivity contribution in [1.29, 1.82) is 0 Å². The van der Waals surface area contributed by atoms with Crippen LogP contribution in [0.2, 0.25) is 0 Å². The molecule has 0 aliphatic carbocycles. The minimum Gasteiger partial charge on any atom is -0.269 e. The lowest BCUT2D eigenvalue weighted by Crippen LogP contribution is -2.25. The molecule has 0 aliphatic rings. The number of aryl methyl sites for hydroxylation is 1. The Bertz CT molecular complexity index is 630. The standard InChI is InChI=1S/C12H12BrNO2S2/c1-9-8-11(17-12(9)13)18(15,16)14(2)10-6-4-3-5-7-10/h3-8H,1-2H3. The first-order valence-electron chi connectivity index (χ1n) is 5.23. The highest BCUT2D eigenvalue weighted by molar-refractivity contribution is 9.11. The third-order valence-corrected chi connectivity index (χ3v) is 6.94. The number of thiophene rings is 1. The van der Waals surface area contributed by atoms with E-state index in [-0.39, 0.29) is 0 Å². The molecular weight excluding hydrogens is 334 g/mol. The molecule has 0 aliphatic heterocycles. The molecule has 2 rings (SSSR count). The number of benzene rings is 1. The Balaban J connectivity index is 2.43. The van der Waals surface area contributed by atoms with Gasteiger partial charge in [-0.1, -0.05) is 18.2 Å². The third kappa shape index (κ3) is 2.46. The topological polar surface area (TPSA) is 37.4 Å². The fraction of sp³-hybridized carbons (Fsp3) is 0.167. The van der Waals surface area contributed by atoms with Crippen molar-refractivity contribution in [1.82, 2.24) is 0 Å². The van der Waals surface area contributed by atoms with Crippen LogP contribution in [-0.4, -0.2) is 15.5 Å². The number of sulfonamides is 1. The molecule has 0 saturated heterocycles. The molecule has 0 fully saturated rings. The first-order chi connectivity index (χ1) is 8.43. The number of anilines is 1. The summed E-state index contributed by atoms with van der Waals surface area (Å²) < 4.78 is 27.3. The summed E-state index contributed by atoms with van der Waals surface area (Å²) >= 11 is 4.58. The van der Waals surface area contributed by atoms with E-state index < -0.39 is 10.0 Å². The van der Waals surface area contributed by atoms with Crippen molar-refractivity contribution < 1.29 is 8.42 Å². The van der Waals surface area contributed by atoms with Crippen LogP contribution in [-0.2, 0) is 10.0 Å².